The van der Waals surface area contributed by atoms with Gasteiger partial charge >= 0.3 is 6.98 Å². The molecule has 7 heavy (non-hydrogen) atoms. The third kappa shape index (κ3) is 2.54. The molecule has 0 aliphatic carbocycles. The van der Waals surface area contributed by atoms with E-state index >= 15 is 0 Å². The fraction of sp³-hybridized carbons (Fsp3) is 1.00. The van der Waals surface area contributed by atoms with Crippen LogP contribution < -0.4 is 0 Å². The van der Waals surface area contributed by atoms with Crippen LogP contribution in [0.15, 0.2) is 0 Å². The fourth-order valence-electron chi connectivity index (χ4n) is 0. The number of rotatable bonds is 1. The molecule has 0 aromatic carbocycles. The summed E-state index contributed by atoms with van der Waals surface area (Å²) in [6.07, 6.45) is 0. The van der Waals surface area contributed by atoms with Crippen molar-refractivity contribution >= 4 is 6.98 Å². The van der Waals surface area contributed by atoms with Crippen LogP contribution in [0.25, 0.3) is 0 Å². The molecule has 0 aliphatic heterocycles. The van der Waals surface area contributed by atoms with Gasteiger partial charge in [-0.1, -0.05) is 19.7 Å². The minimum absolute atomic E-state index is 1.14. The molecule has 0 rings (SSSR count). The van der Waals surface area contributed by atoms with Crippen LogP contribution in [0.4, 0.5) is 12.9 Å². The SMILES string of the molecule is CC(C)[B-](F)(F)F. The van der Waals surface area contributed by atoms with Crippen molar-refractivity contribution in [1.29, 1.82) is 0 Å². The van der Waals surface area contributed by atoms with Crippen molar-refractivity contribution in [3.8, 4) is 0 Å². The molecule has 0 spiro atoms. The van der Waals surface area contributed by atoms with Gasteiger partial charge < -0.3 is 12.9 Å². The van der Waals surface area contributed by atoms with E-state index < -0.39 is 12.8 Å². The second kappa shape index (κ2) is 1.76. The number of hydrogen-bond acceptors (Lipinski definition) is 0. The van der Waals surface area contributed by atoms with E-state index in [1.807, 2.05) is 0 Å². The summed E-state index contributed by atoms with van der Waals surface area (Å²) in [5, 5.41) is 0. The van der Waals surface area contributed by atoms with E-state index in [1.165, 1.54) is 0 Å². The summed E-state index contributed by atoms with van der Waals surface area (Å²) < 4.78 is 33.7. The van der Waals surface area contributed by atoms with Crippen LogP contribution in [0.3, 0.4) is 0 Å². The maximum absolute atomic E-state index is 11.2. The molecule has 0 N–H and O–H groups in total. The van der Waals surface area contributed by atoms with E-state index in [4.69, 9.17) is 0 Å². The first kappa shape index (κ1) is 6.85. The minimum atomic E-state index is -4.56. The summed E-state index contributed by atoms with van der Waals surface area (Å²) in [6.45, 7) is -2.25. The maximum Gasteiger partial charge on any atom is 0.480 e. The Balaban J connectivity index is 3.54. The standard InChI is InChI=1S/C3H7BF3/c1-3(2)4(5,6)7/h3H,1-2H3/q-1. The van der Waals surface area contributed by atoms with Gasteiger partial charge in [0.2, 0.25) is 0 Å². The van der Waals surface area contributed by atoms with Gasteiger partial charge in [0.1, 0.15) is 0 Å². The molecule has 0 heterocycles. The van der Waals surface area contributed by atoms with E-state index in [2.05, 4.69) is 0 Å². The summed E-state index contributed by atoms with van der Waals surface area (Å²) in [4.78, 5) is 0. The third-order valence-electron chi connectivity index (χ3n) is 0.756. The second-order valence-electron chi connectivity index (χ2n) is 1.87. The quantitative estimate of drug-likeness (QED) is 0.455. The summed E-state index contributed by atoms with van der Waals surface area (Å²) in [5.74, 6) is -1.14. The van der Waals surface area contributed by atoms with Crippen LogP contribution in [-0.4, -0.2) is 6.98 Å². The van der Waals surface area contributed by atoms with Gasteiger partial charge in [0.05, 0.1) is 0 Å². The molecule has 0 radical (unpaired) electrons. The van der Waals surface area contributed by atoms with Crippen molar-refractivity contribution in [1.82, 2.24) is 0 Å². The predicted octanol–water partition coefficient (Wildman–Crippen LogP) is 2.24. The molecule has 0 aliphatic rings. The molecule has 0 aromatic rings. The van der Waals surface area contributed by atoms with Crippen LogP contribution in [0.1, 0.15) is 13.8 Å². The Bertz CT molecular complexity index is 55.7. The largest absolute Gasteiger partial charge is 0.480 e. The zero-order valence-electron chi connectivity index (χ0n) is 4.29. The molecular formula is C3H7BF3-. The van der Waals surface area contributed by atoms with Crippen molar-refractivity contribution in [2.45, 2.75) is 19.7 Å². The van der Waals surface area contributed by atoms with Gasteiger partial charge in [-0.2, -0.15) is 0 Å². The molecule has 0 nitrogen and oxygen atoms in total. The Labute approximate surface area is 40.8 Å². The molecule has 0 fully saturated rings. The fourth-order valence-corrected chi connectivity index (χ4v) is 0. The molecule has 0 saturated heterocycles. The first-order valence-electron chi connectivity index (χ1n) is 2.14. The van der Waals surface area contributed by atoms with Crippen LogP contribution in [-0.2, 0) is 0 Å². The van der Waals surface area contributed by atoms with Crippen LogP contribution >= 0.6 is 0 Å². The van der Waals surface area contributed by atoms with Crippen molar-refractivity contribution in [3.05, 3.63) is 0 Å². The lowest BCUT2D eigenvalue weighted by atomic mass is 9.76. The van der Waals surface area contributed by atoms with Gasteiger partial charge in [-0.05, 0) is 0 Å². The first-order valence-corrected chi connectivity index (χ1v) is 2.14. The van der Waals surface area contributed by atoms with E-state index in [1.54, 1.807) is 0 Å². The molecule has 0 bridgehead atoms. The number of hydrogen-bond donors (Lipinski definition) is 0. The van der Waals surface area contributed by atoms with Crippen molar-refractivity contribution in [3.63, 3.8) is 0 Å². The molecule has 0 aromatic heterocycles. The normalized spacial score (nSPS) is 12.9. The lowest BCUT2D eigenvalue weighted by Crippen LogP contribution is -2.18. The van der Waals surface area contributed by atoms with Crippen LogP contribution in [0, 0.1) is 0 Å². The van der Waals surface area contributed by atoms with E-state index in [0.29, 0.717) is 0 Å². The van der Waals surface area contributed by atoms with E-state index in [9.17, 15) is 12.9 Å². The minimum Gasteiger partial charge on any atom is -0.449 e. The summed E-state index contributed by atoms with van der Waals surface area (Å²) >= 11 is 0. The monoisotopic (exact) mass is 111 g/mol. The smallest absolute Gasteiger partial charge is 0.449 e. The summed E-state index contributed by atoms with van der Waals surface area (Å²) in [7, 11) is 0. The van der Waals surface area contributed by atoms with Gasteiger partial charge in [-0.3, -0.25) is 0 Å². The highest BCUT2D eigenvalue weighted by Crippen LogP contribution is 2.23. The zero-order valence-corrected chi connectivity index (χ0v) is 4.29. The average Bonchev–Trinajstić information content (AvgIpc) is 1.31. The van der Waals surface area contributed by atoms with Gasteiger partial charge in [0.15, 0.2) is 0 Å². The Morgan fingerprint density at radius 3 is 1.29 bits per heavy atom. The Morgan fingerprint density at radius 2 is 1.29 bits per heavy atom. The van der Waals surface area contributed by atoms with E-state index in [0.717, 1.165) is 13.8 Å². The molecule has 0 amide bonds. The highest BCUT2D eigenvalue weighted by atomic mass is 19.4. The van der Waals surface area contributed by atoms with Gasteiger partial charge in [0, 0.05) is 0 Å². The Morgan fingerprint density at radius 1 is 1.14 bits per heavy atom. The number of halogens is 3. The van der Waals surface area contributed by atoms with Gasteiger partial charge in [-0.25, -0.2) is 0 Å². The van der Waals surface area contributed by atoms with Crippen LogP contribution in [0.5, 0.6) is 0 Å². The topological polar surface area (TPSA) is 0 Å². The summed E-state index contributed by atoms with van der Waals surface area (Å²) in [6, 6.07) is 0. The molecule has 0 atom stereocenters. The van der Waals surface area contributed by atoms with Gasteiger partial charge in [0.25, 0.3) is 0 Å². The molecule has 0 saturated carbocycles. The van der Waals surface area contributed by atoms with Crippen molar-refractivity contribution in [2.24, 2.45) is 0 Å². The van der Waals surface area contributed by atoms with E-state index in [-0.39, 0.29) is 0 Å². The molecule has 44 valence electrons. The maximum atomic E-state index is 11.2. The lowest BCUT2D eigenvalue weighted by molar-refractivity contribution is 0.447. The van der Waals surface area contributed by atoms with Gasteiger partial charge in [-0.15, -0.1) is 0 Å². The average molecular weight is 111 g/mol. The zero-order chi connectivity index (χ0) is 6.08. The third-order valence-corrected chi connectivity index (χ3v) is 0.756. The Kier molecular flexibility index (Phi) is 1.72. The summed E-state index contributed by atoms with van der Waals surface area (Å²) in [5.41, 5.74) is 0. The van der Waals surface area contributed by atoms with Crippen molar-refractivity contribution in [2.75, 3.05) is 0 Å². The highest BCUT2D eigenvalue weighted by Gasteiger charge is 2.26. The molecule has 4 heteroatoms. The van der Waals surface area contributed by atoms with Crippen LogP contribution in [0.2, 0.25) is 5.82 Å². The highest BCUT2D eigenvalue weighted by molar-refractivity contribution is 6.59. The first-order chi connectivity index (χ1) is 2.94. The lowest BCUT2D eigenvalue weighted by Gasteiger charge is -2.16. The molecule has 0 unspecified atom stereocenters. The van der Waals surface area contributed by atoms with Crippen molar-refractivity contribution < 1.29 is 12.9 Å². The predicted molar refractivity (Wildman–Crippen MR) is 24.2 cm³/mol. The Hall–Kier alpha value is -0.145. The second-order valence-corrected chi connectivity index (χ2v) is 1.87. The molecular weight excluding hydrogens is 104 g/mol.